The van der Waals surface area contributed by atoms with E-state index in [1.807, 2.05) is 43.3 Å². The summed E-state index contributed by atoms with van der Waals surface area (Å²) in [6.45, 7) is 6.90. The number of hydrogen-bond acceptors (Lipinski definition) is 3. The molecule has 0 fully saturated rings. The van der Waals surface area contributed by atoms with Crippen molar-refractivity contribution in [2.24, 2.45) is 0 Å². The van der Waals surface area contributed by atoms with Crippen LogP contribution in [0.4, 0.5) is 0 Å². The van der Waals surface area contributed by atoms with Crippen LogP contribution in [-0.2, 0) is 6.54 Å². The molecule has 2 aromatic rings. The second-order valence-corrected chi connectivity index (χ2v) is 5.42. The Kier molecular flexibility index (Phi) is 4.99. The molecule has 0 spiro atoms. The molecule has 3 nitrogen and oxygen atoms in total. The van der Waals surface area contributed by atoms with Crippen molar-refractivity contribution in [3.05, 3.63) is 52.7 Å². The first-order chi connectivity index (χ1) is 9.54. The van der Waals surface area contributed by atoms with Gasteiger partial charge < -0.3 is 10.1 Å². The van der Waals surface area contributed by atoms with Gasteiger partial charge in [0.05, 0.1) is 5.69 Å². The molecule has 0 amide bonds. The van der Waals surface area contributed by atoms with E-state index in [4.69, 9.17) is 16.3 Å². The monoisotopic (exact) mass is 290 g/mol. The third-order valence-corrected chi connectivity index (χ3v) is 3.25. The van der Waals surface area contributed by atoms with Gasteiger partial charge in [-0.2, -0.15) is 0 Å². The van der Waals surface area contributed by atoms with Gasteiger partial charge in [-0.05, 0) is 36.8 Å². The lowest BCUT2D eigenvalue weighted by molar-refractivity contribution is 0.458. The van der Waals surface area contributed by atoms with Crippen molar-refractivity contribution >= 4 is 11.6 Å². The average Bonchev–Trinajstić information content (AvgIpc) is 2.41. The van der Waals surface area contributed by atoms with E-state index in [-0.39, 0.29) is 0 Å². The Balaban J connectivity index is 2.08. The maximum absolute atomic E-state index is 6.00. The Morgan fingerprint density at radius 2 is 2.05 bits per heavy atom. The molecule has 4 heteroatoms. The van der Waals surface area contributed by atoms with Crippen molar-refractivity contribution in [1.29, 1.82) is 0 Å². The Bertz CT molecular complexity index is 584. The van der Waals surface area contributed by atoms with E-state index in [1.54, 1.807) is 0 Å². The smallest absolute Gasteiger partial charge is 0.219 e. The van der Waals surface area contributed by atoms with Gasteiger partial charge in [0.1, 0.15) is 5.75 Å². The van der Waals surface area contributed by atoms with E-state index in [2.05, 4.69) is 24.1 Å². The number of nitrogens with one attached hydrogen (secondary N) is 1. The van der Waals surface area contributed by atoms with Crippen molar-refractivity contribution in [1.82, 2.24) is 10.3 Å². The highest BCUT2D eigenvalue weighted by Gasteiger charge is 2.03. The molecule has 20 heavy (non-hydrogen) atoms. The highest BCUT2D eigenvalue weighted by molar-refractivity contribution is 6.31. The second kappa shape index (κ2) is 6.73. The van der Waals surface area contributed by atoms with Gasteiger partial charge >= 0.3 is 0 Å². The summed E-state index contributed by atoms with van der Waals surface area (Å²) in [7, 11) is 0. The number of aromatic nitrogens is 1. The van der Waals surface area contributed by atoms with Gasteiger partial charge in [0.2, 0.25) is 5.88 Å². The van der Waals surface area contributed by atoms with Gasteiger partial charge in [-0.1, -0.05) is 31.5 Å². The number of aryl methyl sites for hydroxylation is 1. The summed E-state index contributed by atoms with van der Waals surface area (Å²) in [5.74, 6) is 1.34. The Labute approximate surface area is 124 Å². The maximum Gasteiger partial charge on any atom is 0.219 e. The standard InChI is InChI=1S/C16H19ClN2O/c1-11(2)18-10-13-5-4-6-16(19-13)20-14-7-8-15(17)12(3)9-14/h4-9,11,18H,10H2,1-3H3. The summed E-state index contributed by atoms with van der Waals surface area (Å²) in [4.78, 5) is 4.47. The summed E-state index contributed by atoms with van der Waals surface area (Å²) in [5.41, 5.74) is 1.95. The minimum atomic E-state index is 0.431. The summed E-state index contributed by atoms with van der Waals surface area (Å²) in [6, 6.07) is 11.8. The van der Waals surface area contributed by atoms with Crippen LogP contribution in [0, 0.1) is 6.92 Å². The van der Waals surface area contributed by atoms with E-state index in [1.165, 1.54) is 0 Å². The minimum absolute atomic E-state index is 0.431. The molecule has 0 aliphatic heterocycles. The Hall–Kier alpha value is -1.58. The number of nitrogens with zero attached hydrogens (tertiary/aromatic N) is 1. The Morgan fingerprint density at radius 3 is 2.75 bits per heavy atom. The van der Waals surface area contributed by atoms with Crippen LogP contribution in [0.25, 0.3) is 0 Å². The zero-order valence-electron chi connectivity index (χ0n) is 12.0. The van der Waals surface area contributed by atoms with Crippen molar-refractivity contribution in [3.8, 4) is 11.6 Å². The molecule has 0 radical (unpaired) electrons. The van der Waals surface area contributed by atoms with Crippen molar-refractivity contribution in [2.45, 2.75) is 33.4 Å². The summed E-state index contributed by atoms with van der Waals surface area (Å²) in [6.07, 6.45) is 0. The first-order valence-corrected chi connectivity index (χ1v) is 7.05. The number of benzene rings is 1. The topological polar surface area (TPSA) is 34.1 Å². The molecule has 0 atom stereocenters. The van der Waals surface area contributed by atoms with Crippen LogP contribution in [0.15, 0.2) is 36.4 Å². The highest BCUT2D eigenvalue weighted by atomic mass is 35.5. The van der Waals surface area contributed by atoms with Gasteiger partial charge in [-0.3, -0.25) is 0 Å². The van der Waals surface area contributed by atoms with E-state index in [0.717, 1.165) is 28.6 Å². The first-order valence-electron chi connectivity index (χ1n) is 6.68. The molecule has 0 saturated heterocycles. The molecular formula is C16H19ClN2O. The number of rotatable bonds is 5. The fraction of sp³-hybridized carbons (Fsp3) is 0.312. The quantitative estimate of drug-likeness (QED) is 0.890. The normalized spacial score (nSPS) is 10.8. The van der Waals surface area contributed by atoms with Gasteiger partial charge in [0.15, 0.2) is 0 Å². The van der Waals surface area contributed by atoms with Crippen LogP contribution in [0.1, 0.15) is 25.1 Å². The minimum Gasteiger partial charge on any atom is -0.439 e. The number of halogens is 1. The van der Waals surface area contributed by atoms with Crippen LogP contribution in [-0.4, -0.2) is 11.0 Å². The predicted octanol–water partition coefficient (Wildman–Crippen LogP) is 4.33. The molecule has 0 aliphatic rings. The van der Waals surface area contributed by atoms with Crippen LogP contribution < -0.4 is 10.1 Å². The molecule has 0 unspecified atom stereocenters. The van der Waals surface area contributed by atoms with Crippen LogP contribution >= 0.6 is 11.6 Å². The van der Waals surface area contributed by atoms with E-state index in [0.29, 0.717) is 11.9 Å². The third-order valence-electron chi connectivity index (χ3n) is 2.82. The lowest BCUT2D eigenvalue weighted by atomic mass is 10.2. The molecule has 106 valence electrons. The lowest BCUT2D eigenvalue weighted by Crippen LogP contribution is -2.22. The molecular weight excluding hydrogens is 272 g/mol. The van der Waals surface area contributed by atoms with Crippen LogP contribution in [0.3, 0.4) is 0 Å². The molecule has 1 aromatic carbocycles. The lowest BCUT2D eigenvalue weighted by Gasteiger charge is -2.10. The molecule has 1 N–H and O–H groups in total. The SMILES string of the molecule is Cc1cc(Oc2cccc(CNC(C)C)n2)ccc1Cl. The zero-order chi connectivity index (χ0) is 14.5. The largest absolute Gasteiger partial charge is 0.439 e. The molecule has 0 aliphatic carbocycles. The average molecular weight is 291 g/mol. The van der Waals surface area contributed by atoms with Crippen molar-refractivity contribution < 1.29 is 4.74 Å². The molecule has 1 aromatic heterocycles. The third kappa shape index (κ3) is 4.22. The molecule has 0 bridgehead atoms. The molecule has 2 rings (SSSR count). The molecule has 1 heterocycles. The van der Waals surface area contributed by atoms with Gasteiger partial charge in [-0.15, -0.1) is 0 Å². The van der Waals surface area contributed by atoms with Crippen molar-refractivity contribution in [2.75, 3.05) is 0 Å². The predicted molar refractivity (Wildman–Crippen MR) is 82.5 cm³/mol. The summed E-state index contributed by atoms with van der Waals surface area (Å²) in [5, 5.41) is 4.07. The highest BCUT2D eigenvalue weighted by Crippen LogP contribution is 2.24. The van der Waals surface area contributed by atoms with Gasteiger partial charge in [0, 0.05) is 23.7 Å². The van der Waals surface area contributed by atoms with Crippen LogP contribution in [0.2, 0.25) is 5.02 Å². The van der Waals surface area contributed by atoms with E-state index < -0.39 is 0 Å². The first kappa shape index (κ1) is 14.8. The number of ether oxygens (including phenoxy) is 1. The Morgan fingerprint density at radius 1 is 1.25 bits per heavy atom. The fourth-order valence-corrected chi connectivity index (χ4v) is 1.84. The molecule has 0 saturated carbocycles. The fourth-order valence-electron chi connectivity index (χ4n) is 1.72. The number of pyridine rings is 1. The van der Waals surface area contributed by atoms with E-state index >= 15 is 0 Å². The zero-order valence-corrected chi connectivity index (χ0v) is 12.7. The van der Waals surface area contributed by atoms with Gasteiger partial charge in [-0.25, -0.2) is 4.98 Å². The van der Waals surface area contributed by atoms with Crippen LogP contribution in [0.5, 0.6) is 11.6 Å². The summed E-state index contributed by atoms with van der Waals surface area (Å²) < 4.78 is 5.76. The second-order valence-electron chi connectivity index (χ2n) is 5.02. The number of hydrogen-bond donors (Lipinski definition) is 1. The van der Waals surface area contributed by atoms with Crippen molar-refractivity contribution in [3.63, 3.8) is 0 Å². The van der Waals surface area contributed by atoms with E-state index in [9.17, 15) is 0 Å². The van der Waals surface area contributed by atoms with Gasteiger partial charge in [0.25, 0.3) is 0 Å². The maximum atomic E-state index is 6.00. The summed E-state index contributed by atoms with van der Waals surface area (Å²) >= 11 is 6.00.